The number of rotatable bonds is 3. The highest BCUT2D eigenvalue weighted by Gasteiger charge is 2.12. The zero-order valence-corrected chi connectivity index (χ0v) is 11.0. The topological polar surface area (TPSA) is 44.9 Å². The van der Waals surface area contributed by atoms with E-state index in [-0.39, 0.29) is 18.1 Å². The quantitative estimate of drug-likeness (QED) is 0.758. The molecule has 3 nitrogen and oxygen atoms in total. The molecule has 0 spiro atoms. The number of hydrogen-bond donors (Lipinski definition) is 2. The van der Waals surface area contributed by atoms with Crippen molar-refractivity contribution in [3.8, 4) is 0 Å². The van der Waals surface area contributed by atoms with Crippen LogP contribution < -0.4 is 5.32 Å². The van der Waals surface area contributed by atoms with Crippen molar-refractivity contribution < 1.29 is 13.6 Å². The van der Waals surface area contributed by atoms with Gasteiger partial charge in [0, 0.05) is 22.8 Å². The minimum Gasteiger partial charge on any atom is -0.361 e. The van der Waals surface area contributed by atoms with E-state index in [1.165, 1.54) is 24.3 Å². The van der Waals surface area contributed by atoms with Gasteiger partial charge in [-0.3, -0.25) is 4.79 Å². The lowest BCUT2D eigenvalue weighted by Gasteiger charge is -2.05. The number of benzene rings is 2. The summed E-state index contributed by atoms with van der Waals surface area (Å²) in [7, 11) is 0. The van der Waals surface area contributed by atoms with E-state index < -0.39 is 5.82 Å². The molecule has 3 rings (SSSR count). The maximum Gasteiger partial charge on any atom is 0.228 e. The Bertz CT molecular complexity index is 811. The summed E-state index contributed by atoms with van der Waals surface area (Å²) in [6.07, 6.45) is 1.62. The second kappa shape index (κ2) is 5.36. The van der Waals surface area contributed by atoms with Gasteiger partial charge in [-0.25, -0.2) is 8.78 Å². The molecule has 1 amide bonds. The van der Waals surface area contributed by atoms with Gasteiger partial charge in [-0.05, 0) is 35.9 Å². The van der Waals surface area contributed by atoms with Gasteiger partial charge in [0.15, 0.2) is 0 Å². The molecule has 0 atom stereocenters. The normalized spacial score (nSPS) is 10.8. The second-order valence-corrected chi connectivity index (χ2v) is 4.71. The van der Waals surface area contributed by atoms with Crippen molar-refractivity contribution in [2.24, 2.45) is 0 Å². The van der Waals surface area contributed by atoms with Gasteiger partial charge < -0.3 is 10.3 Å². The molecular weight excluding hydrogens is 274 g/mol. The van der Waals surface area contributed by atoms with Crippen LogP contribution in [0.2, 0.25) is 0 Å². The minimum absolute atomic E-state index is 0.0114. The first-order chi connectivity index (χ1) is 10.1. The molecule has 0 aliphatic heterocycles. The lowest BCUT2D eigenvalue weighted by Crippen LogP contribution is -2.14. The zero-order chi connectivity index (χ0) is 14.8. The van der Waals surface area contributed by atoms with Crippen LogP contribution in [-0.4, -0.2) is 10.9 Å². The first-order valence-electron chi connectivity index (χ1n) is 6.43. The fourth-order valence-electron chi connectivity index (χ4n) is 2.29. The Hall–Kier alpha value is -2.69. The zero-order valence-electron chi connectivity index (χ0n) is 11.0. The van der Waals surface area contributed by atoms with E-state index in [4.69, 9.17) is 0 Å². The summed E-state index contributed by atoms with van der Waals surface area (Å²) in [5, 5.41) is 3.00. The van der Waals surface area contributed by atoms with Crippen molar-refractivity contribution in [3.05, 3.63) is 65.9 Å². The molecule has 0 radical (unpaired) electrons. The number of amides is 1. The number of aromatic amines is 1. The summed E-state index contributed by atoms with van der Waals surface area (Å²) in [5.74, 6) is -1.13. The number of fused-ring (bicyclic) bond motifs is 1. The third-order valence-electron chi connectivity index (χ3n) is 3.20. The fraction of sp³-hybridized carbons (Fsp3) is 0.0625. The largest absolute Gasteiger partial charge is 0.361 e. The molecule has 2 N–H and O–H groups in total. The molecule has 0 unspecified atom stereocenters. The highest BCUT2D eigenvalue weighted by Crippen LogP contribution is 2.22. The van der Waals surface area contributed by atoms with Gasteiger partial charge in [-0.15, -0.1) is 0 Å². The lowest BCUT2D eigenvalue weighted by atomic mass is 10.1. The van der Waals surface area contributed by atoms with Crippen LogP contribution in [0.25, 0.3) is 10.9 Å². The summed E-state index contributed by atoms with van der Waals surface area (Å²) in [6, 6.07) is 10.3. The SMILES string of the molecule is O=C(Cc1c[nH]c2cccc(F)c12)Nc1cccc(F)c1. The molecule has 0 saturated heterocycles. The molecule has 5 heteroatoms. The summed E-state index contributed by atoms with van der Waals surface area (Å²) < 4.78 is 26.9. The Morgan fingerprint density at radius 1 is 1.14 bits per heavy atom. The Balaban J connectivity index is 1.81. The third-order valence-corrected chi connectivity index (χ3v) is 3.20. The van der Waals surface area contributed by atoms with Crippen LogP contribution in [0, 0.1) is 11.6 Å². The Morgan fingerprint density at radius 3 is 2.76 bits per heavy atom. The molecular formula is C16H12F2N2O. The first kappa shape index (κ1) is 13.3. The molecule has 1 aromatic heterocycles. The smallest absolute Gasteiger partial charge is 0.228 e. The number of carbonyl (C=O) groups excluding carboxylic acids is 1. The van der Waals surface area contributed by atoms with Crippen molar-refractivity contribution in [2.45, 2.75) is 6.42 Å². The third kappa shape index (κ3) is 2.76. The van der Waals surface area contributed by atoms with Crippen molar-refractivity contribution in [1.29, 1.82) is 0 Å². The van der Waals surface area contributed by atoms with E-state index in [2.05, 4.69) is 10.3 Å². The summed E-state index contributed by atoms with van der Waals surface area (Å²) in [4.78, 5) is 14.9. The van der Waals surface area contributed by atoms with Crippen LogP contribution in [0.5, 0.6) is 0 Å². The molecule has 0 saturated carbocycles. The van der Waals surface area contributed by atoms with Gasteiger partial charge >= 0.3 is 0 Å². The highest BCUT2D eigenvalue weighted by molar-refractivity contribution is 5.95. The standard InChI is InChI=1S/C16H12F2N2O/c17-11-3-1-4-12(8-11)20-15(21)7-10-9-19-14-6-2-5-13(18)16(10)14/h1-6,8-9,19H,7H2,(H,20,21). The number of anilines is 1. The second-order valence-electron chi connectivity index (χ2n) is 4.71. The maximum absolute atomic E-state index is 13.8. The Morgan fingerprint density at radius 2 is 1.95 bits per heavy atom. The Kier molecular flexibility index (Phi) is 3.39. The van der Waals surface area contributed by atoms with Crippen molar-refractivity contribution >= 4 is 22.5 Å². The number of carbonyl (C=O) groups is 1. The molecule has 0 aliphatic carbocycles. The molecule has 21 heavy (non-hydrogen) atoms. The average molecular weight is 286 g/mol. The number of halogens is 2. The van der Waals surface area contributed by atoms with Gasteiger partial charge in [0.1, 0.15) is 11.6 Å². The van der Waals surface area contributed by atoms with E-state index >= 15 is 0 Å². The van der Waals surface area contributed by atoms with E-state index in [0.29, 0.717) is 22.2 Å². The molecule has 3 aromatic rings. The van der Waals surface area contributed by atoms with Crippen molar-refractivity contribution in [2.75, 3.05) is 5.32 Å². The summed E-state index contributed by atoms with van der Waals surface area (Å²) in [5.41, 5.74) is 1.58. The monoisotopic (exact) mass is 286 g/mol. The van der Waals surface area contributed by atoms with E-state index in [1.807, 2.05) is 0 Å². The van der Waals surface area contributed by atoms with Crippen molar-refractivity contribution in [1.82, 2.24) is 4.98 Å². The minimum atomic E-state index is -0.425. The number of aromatic nitrogens is 1. The maximum atomic E-state index is 13.8. The van der Waals surface area contributed by atoms with Gasteiger partial charge in [0.25, 0.3) is 0 Å². The van der Waals surface area contributed by atoms with Gasteiger partial charge in [-0.2, -0.15) is 0 Å². The van der Waals surface area contributed by atoms with Crippen LogP contribution in [0.4, 0.5) is 14.5 Å². The fourth-order valence-corrected chi connectivity index (χ4v) is 2.29. The molecule has 0 aliphatic rings. The van der Waals surface area contributed by atoms with Gasteiger partial charge in [0.05, 0.1) is 6.42 Å². The van der Waals surface area contributed by atoms with E-state index in [0.717, 1.165) is 0 Å². The van der Waals surface area contributed by atoms with Crippen LogP contribution in [0.3, 0.4) is 0 Å². The van der Waals surface area contributed by atoms with Crippen LogP contribution in [0.15, 0.2) is 48.7 Å². The Labute approximate surface area is 119 Å². The number of H-pyrrole nitrogens is 1. The van der Waals surface area contributed by atoms with E-state index in [1.54, 1.807) is 24.4 Å². The highest BCUT2D eigenvalue weighted by atomic mass is 19.1. The predicted molar refractivity (Wildman–Crippen MR) is 77.0 cm³/mol. The average Bonchev–Trinajstić information content (AvgIpc) is 2.83. The number of hydrogen-bond acceptors (Lipinski definition) is 1. The predicted octanol–water partition coefficient (Wildman–Crippen LogP) is 3.63. The van der Waals surface area contributed by atoms with Crippen LogP contribution >= 0.6 is 0 Å². The molecule has 106 valence electrons. The van der Waals surface area contributed by atoms with E-state index in [9.17, 15) is 13.6 Å². The summed E-state index contributed by atoms with van der Waals surface area (Å²) in [6.45, 7) is 0. The van der Waals surface area contributed by atoms with Gasteiger partial charge in [0.2, 0.25) is 5.91 Å². The van der Waals surface area contributed by atoms with Gasteiger partial charge in [-0.1, -0.05) is 12.1 Å². The first-order valence-corrected chi connectivity index (χ1v) is 6.43. The summed E-state index contributed by atoms with van der Waals surface area (Å²) >= 11 is 0. The van der Waals surface area contributed by atoms with Crippen LogP contribution in [0.1, 0.15) is 5.56 Å². The lowest BCUT2D eigenvalue weighted by molar-refractivity contribution is -0.115. The number of nitrogens with one attached hydrogen (secondary N) is 2. The van der Waals surface area contributed by atoms with Crippen molar-refractivity contribution in [3.63, 3.8) is 0 Å². The molecule has 0 bridgehead atoms. The molecule has 0 fully saturated rings. The molecule has 2 aromatic carbocycles. The van der Waals surface area contributed by atoms with Crippen LogP contribution in [-0.2, 0) is 11.2 Å². The molecule has 1 heterocycles.